The summed E-state index contributed by atoms with van der Waals surface area (Å²) in [5.74, 6) is 1.04. The molecular weight excluding hydrogens is 678 g/mol. The van der Waals surface area contributed by atoms with Crippen LogP contribution in [0.3, 0.4) is 0 Å². The van der Waals surface area contributed by atoms with E-state index >= 15 is 0 Å². The van der Waals surface area contributed by atoms with E-state index in [1.54, 1.807) is 31.6 Å². The first-order valence-electron chi connectivity index (χ1n) is 16.8. The molecule has 0 radical (unpaired) electrons. The van der Waals surface area contributed by atoms with Crippen molar-refractivity contribution in [1.29, 1.82) is 0 Å². The number of carbonyl (C=O) groups excluding carboxylic acids is 1. The van der Waals surface area contributed by atoms with Gasteiger partial charge in [-0.1, -0.05) is 11.2 Å². The van der Waals surface area contributed by atoms with Gasteiger partial charge < -0.3 is 14.5 Å². The van der Waals surface area contributed by atoms with Crippen molar-refractivity contribution in [1.82, 2.24) is 30.2 Å². The molecule has 0 atom stereocenters. The molecule has 5 rings (SSSR count). The smallest absolute Gasteiger partial charge is 0.416 e. The minimum Gasteiger partial charge on any atom is -0.466 e. The average Bonchev–Trinajstić information content (AvgIpc) is 3.53. The second-order valence-electron chi connectivity index (χ2n) is 12.7. The van der Waals surface area contributed by atoms with Gasteiger partial charge in [-0.05, 0) is 92.5 Å². The molecule has 0 unspecified atom stereocenters. The van der Waals surface area contributed by atoms with E-state index in [1.165, 1.54) is 11.9 Å². The second kappa shape index (κ2) is 16.1. The summed E-state index contributed by atoms with van der Waals surface area (Å²) >= 11 is 0. The summed E-state index contributed by atoms with van der Waals surface area (Å²) in [7, 11) is 1.51. The standard InChI is InChI=1S/C35H40F6N8O2/c1-4-48(20-24-10-8-23(9-11-24)15-31(50)51-5-2)32-28(16-27(19-43-32)26-7-6-12-42-18-26)22-49(33-44-46-47(3)45-33)21-25-13-29(34(36,37)38)17-30(14-25)35(39,40)41/h6-7,12-14,16-19,23-24H,4-5,8-11,15,20-22H2,1-3H3. The summed E-state index contributed by atoms with van der Waals surface area (Å²) in [6.07, 6.45) is -0.944. The molecule has 51 heavy (non-hydrogen) atoms. The van der Waals surface area contributed by atoms with E-state index in [9.17, 15) is 31.1 Å². The fourth-order valence-corrected chi connectivity index (χ4v) is 6.48. The van der Waals surface area contributed by atoms with E-state index < -0.39 is 23.5 Å². The van der Waals surface area contributed by atoms with Crippen molar-refractivity contribution in [2.75, 3.05) is 29.5 Å². The molecule has 4 aromatic rings. The number of hydrogen-bond donors (Lipinski definition) is 0. The molecule has 0 spiro atoms. The minimum atomic E-state index is -5.00. The third kappa shape index (κ3) is 9.94. The number of tetrazole rings is 1. The fourth-order valence-electron chi connectivity index (χ4n) is 6.48. The third-order valence-electron chi connectivity index (χ3n) is 8.99. The van der Waals surface area contributed by atoms with Gasteiger partial charge in [0.15, 0.2) is 0 Å². The van der Waals surface area contributed by atoms with Gasteiger partial charge in [-0.25, -0.2) is 4.98 Å². The van der Waals surface area contributed by atoms with Gasteiger partial charge in [0.1, 0.15) is 5.82 Å². The quantitative estimate of drug-likeness (QED) is 0.103. The van der Waals surface area contributed by atoms with Crippen molar-refractivity contribution in [3.05, 3.63) is 77.2 Å². The third-order valence-corrected chi connectivity index (χ3v) is 8.99. The zero-order valence-electron chi connectivity index (χ0n) is 28.6. The molecule has 1 fully saturated rings. The highest BCUT2D eigenvalue weighted by Gasteiger charge is 2.37. The first-order chi connectivity index (χ1) is 24.2. The topological polar surface area (TPSA) is 102 Å². The van der Waals surface area contributed by atoms with Crippen LogP contribution in [0.2, 0.25) is 0 Å². The van der Waals surface area contributed by atoms with Crippen LogP contribution in [0.25, 0.3) is 11.1 Å². The highest BCUT2D eigenvalue weighted by molar-refractivity contribution is 5.69. The van der Waals surface area contributed by atoms with E-state index in [0.717, 1.165) is 41.6 Å². The van der Waals surface area contributed by atoms with Crippen LogP contribution in [-0.4, -0.2) is 55.8 Å². The molecule has 3 heterocycles. The zero-order chi connectivity index (χ0) is 36.8. The molecule has 10 nitrogen and oxygen atoms in total. The lowest BCUT2D eigenvalue weighted by Crippen LogP contribution is -2.34. The number of benzene rings is 1. The Morgan fingerprint density at radius 1 is 0.902 bits per heavy atom. The van der Waals surface area contributed by atoms with Crippen LogP contribution in [0, 0.1) is 11.8 Å². The summed E-state index contributed by atoms with van der Waals surface area (Å²) in [4.78, 5) is 25.9. The summed E-state index contributed by atoms with van der Waals surface area (Å²) in [6.45, 7) is 5.00. The molecular formula is C35H40F6N8O2. The van der Waals surface area contributed by atoms with Crippen LogP contribution < -0.4 is 9.80 Å². The SMILES string of the molecule is CCOC(=O)CC1CCC(CN(CC)c2ncc(-c3cccnc3)cc2CN(Cc2cc(C(F)(F)F)cc(C(F)(F)F)c2)c2nnn(C)n2)CC1. The summed E-state index contributed by atoms with van der Waals surface area (Å²) < 4.78 is 87.8. The number of carbonyl (C=O) groups is 1. The van der Waals surface area contributed by atoms with Crippen LogP contribution in [0.4, 0.5) is 38.1 Å². The Balaban J connectivity index is 1.49. The summed E-state index contributed by atoms with van der Waals surface area (Å²) in [5.41, 5.74) is -0.886. The van der Waals surface area contributed by atoms with Crippen LogP contribution >= 0.6 is 0 Å². The van der Waals surface area contributed by atoms with Crippen molar-refractivity contribution < 1.29 is 35.9 Å². The predicted molar refractivity (Wildman–Crippen MR) is 177 cm³/mol. The molecule has 1 aromatic carbocycles. The number of ether oxygens (including phenoxy) is 1. The molecule has 0 N–H and O–H groups in total. The number of pyridine rings is 2. The number of hydrogen-bond acceptors (Lipinski definition) is 9. The molecule has 0 bridgehead atoms. The highest BCUT2D eigenvalue weighted by Crippen LogP contribution is 2.38. The van der Waals surface area contributed by atoms with Gasteiger partial charge in [-0.3, -0.25) is 9.78 Å². The van der Waals surface area contributed by atoms with Gasteiger partial charge in [0.2, 0.25) is 0 Å². The maximum absolute atomic E-state index is 13.8. The Hall–Kier alpha value is -4.76. The van der Waals surface area contributed by atoms with Crippen molar-refractivity contribution in [2.24, 2.45) is 18.9 Å². The number of alkyl halides is 6. The van der Waals surface area contributed by atoms with E-state index in [2.05, 4.69) is 25.3 Å². The average molecular weight is 719 g/mol. The number of anilines is 2. The Labute approximate surface area is 291 Å². The van der Waals surface area contributed by atoms with E-state index in [-0.39, 0.29) is 42.6 Å². The highest BCUT2D eigenvalue weighted by atomic mass is 19.4. The number of halogens is 6. The fraction of sp³-hybridized carbons (Fsp3) is 0.486. The van der Waals surface area contributed by atoms with E-state index in [4.69, 9.17) is 9.72 Å². The van der Waals surface area contributed by atoms with Gasteiger partial charge in [0, 0.05) is 67.9 Å². The van der Waals surface area contributed by atoms with Gasteiger partial charge >= 0.3 is 18.3 Å². The molecule has 16 heteroatoms. The molecule has 3 aromatic heterocycles. The number of esters is 1. The first-order valence-corrected chi connectivity index (χ1v) is 16.8. The Bertz CT molecular complexity index is 1720. The van der Waals surface area contributed by atoms with Crippen LogP contribution in [0.15, 0.2) is 55.0 Å². The number of aromatic nitrogens is 6. The molecule has 274 valence electrons. The normalized spacial score (nSPS) is 16.6. The lowest BCUT2D eigenvalue weighted by molar-refractivity contribution is -0.145. The number of nitrogens with zero attached hydrogens (tertiary/aromatic N) is 8. The van der Waals surface area contributed by atoms with Crippen molar-refractivity contribution in [3.63, 3.8) is 0 Å². The Kier molecular flexibility index (Phi) is 11.8. The van der Waals surface area contributed by atoms with E-state index in [0.29, 0.717) is 55.5 Å². The molecule has 1 aliphatic carbocycles. The first kappa shape index (κ1) is 37.5. The second-order valence-corrected chi connectivity index (χ2v) is 12.7. The van der Waals surface area contributed by atoms with Crippen LogP contribution in [0.1, 0.15) is 68.2 Å². The lowest BCUT2D eigenvalue weighted by Gasteiger charge is -2.34. The zero-order valence-corrected chi connectivity index (χ0v) is 28.6. The molecule has 1 aliphatic rings. The molecule has 0 amide bonds. The summed E-state index contributed by atoms with van der Waals surface area (Å²) in [6, 6.07) is 7.07. The number of rotatable bonds is 13. The largest absolute Gasteiger partial charge is 0.466 e. The van der Waals surface area contributed by atoms with Crippen molar-refractivity contribution in [2.45, 2.75) is 71.4 Å². The maximum atomic E-state index is 13.8. The van der Waals surface area contributed by atoms with Gasteiger partial charge in [0.05, 0.1) is 24.8 Å². The number of aryl methyl sites for hydroxylation is 1. The van der Waals surface area contributed by atoms with Gasteiger partial charge in [-0.15, -0.1) is 5.10 Å². The van der Waals surface area contributed by atoms with Crippen molar-refractivity contribution in [3.8, 4) is 11.1 Å². The molecule has 0 saturated heterocycles. The van der Waals surface area contributed by atoms with Gasteiger partial charge in [0.25, 0.3) is 5.95 Å². The predicted octanol–water partition coefficient (Wildman–Crippen LogP) is 7.50. The lowest BCUT2D eigenvalue weighted by atomic mass is 9.80. The maximum Gasteiger partial charge on any atom is 0.416 e. The molecule has 1 saturated carbocycles. The minimum absolute atomic E-state index is 0.0114. The van der Waals surface area contributed by atoms with Crippen LogP contribution in [-0.2, 0) is 42.0 Å². The monoisotopic (exact) mass is 718 g/mol. The van der Waals surface area contributed by atoms with E-state index in [1.807, 2.05) is 19.1 Å². The molecule has 0 aliphatic heterocycles. The van der Waals surface area contributed by atoms with Crippen molar-refractivity contribution >= 4 is 17.7 Å². The van der Waals surface area contributed by atoms with Crippen LogP contribution in [0.5, 0.6) is 0 Å². The Morgan fingerprint density at radius 3 is 2.16 bits per heavy atom. The Morgan fingerprint density at radius 2 is 1.59 bits per heavy atom. The van der Waals surface area contributed by atoms with Gasteiger partial charge in [-0.2, -0.15) is 31.1 Å². The summed E-state index contributed by atoms with van der Waals surface area (Å²) in [5, 5.41) is 12.2.